The van der Waals surface area contributed by atoms with Crippen molar-refractivity contribution in [1.82, 2.24) is 20.5 Å². The maximum atomic E-state index is 11.9. The molecule has 0 aromatic carbocycles. The number of aryl methyl sites for hydroxylation is 1. The molecular formula is C14H24N4OS. The number of unbranched alkanes of at least 4 members (excludes halogenated alkanes) is 1. The summed E-state index contributed by atoms with van der Waals surface area (Å²) in [7, 11) is 0. The zero-order valence-corrected chi connectivity index (χ0v) is 13.0. The number of nitrogens with one attached hydrogen (secondary N) is 2. The van der Waals surface area contributed by atoms with E-state index in [4.69, 9.17) is 0 Å². The van der Waals surface area contributed by atoms with Gasteiger partial charge in [-0.15, -0.1) is 5.10 Å². The molecule has 1 saturated carbocycles. The van der Waals surface area contributed by atoms with Crippen molar-refractivity contribution < 1.29 is 4.79 Å². The van der Waals surface area contributed by atoms with Crippen molar-refractivity contribution in [3.63, 3.8) is 0 Å². The standard InChI is InChI=1S/C14H24N4OS/c1-2-3-9-12-16-14(18-17-12)20-10-13(19)15-11-7-5-4-6-8-11/h11H,2-10H2,1H3,(H,15,19)(H,16,17,18). The number of carbonyl (C=O) groups is 1. The van der Waals surface area contributed by atoms with Gasteiger partial charge in [-0.25, -0.2) is 4.98 Å². The molecule has 0 unspecified atom stereocenters. The molecule has 112 valence electrons. The number of hydrogen-bond donors (Lipinski definition) is 2. The quantitative estimate of drug-likeness (QED) is 0.759. The first-order valence-corrected chi connectivity index (χ1v) is 8.60. The molecule has 0 spiro atoms. The first-order chi connectivity index (χ1) is 9.78. The van der Waals surface area contributed by atoms with E-state index in [1.165, 1.54) is 31.0 Å². The highest BCUT2D eigenvalue weighted by molar-refractivity contribution is 7.99. The summed E-state index contributed by atoms with van der Waals surface area (Å²) in [4.78, 5) is 16.2. The van der Waals surface area contributed by atoms with Crippen LogP contribution in [0.5, 0.6) is 0 Å². The van der Waals surface area contributed by atoms with E-state index in [1.807, 2.05) is 0 Å². The fourth-order valence-electron chi connectivity index (χ4n) is 2.44. The lowest BCUT2D eigenvalue weighted by Gasteiger charge is -2.22. The number of aromatic nitrogens is 3. The molecule has 1 aliphatic rings. The van der Waals surface area contributed by atoms with Crippen LogP contribution < -0.4 is 5.32 Å². The van der Waals surface area contributed by atoms with E-state index >= 15 is 0 Å². The molecule has 20 heavy (non-hydrogen) atoms. The minimum Gasteiger partial charge on any atom is -0.353 e. The molecule has 1 amide bonds. The van der Waals surface area contributed by atoms with E-state index in [9.17, 15) is 4.79 Å². The van der Waals surface area contributed by atoms with Crippen LogP contribution in [0.25, 0.3) is 0 Å². The van der Waals surface area contributed by atoms with Gasteiger partial charge >= 0.3 is 0 Å². The molecule has 0 atom stereocenters. The molecule has 1 aromatic rings. The lowest BCUT2D eigenvalue weighted by atomic mass is 9.95. The number of aromatic amines is 1. The van der Waals surface area contributed by atoms with Gasteiger partial charge in [-0.3, -0.25) is 9.89 Å². The third-order valence-electron chi connectivity index (χ3n) is 3.58. The summed E-state index contributed by atoms with van der Waals surface area (Å²) in [5.41, 5.74) is 0. The van der Waals surface area contributed by atoms with Gasteiger partial charge < -0.3 is 5.32 Å². The molecule has 2 rings (SSSR count). The third-order valence-corrected chi connectivity index (χ3v) is 4.43. The second-order valence-corrected chi connectivity index (χ2v) is 6.30. The lowest BCUT2D eigenvalue weighted by molar-refractivity contribution is -0.119. The van der Waals surface area contributed by atoms with Gasteiger partial charge in [-0.2, -0.15) is 0 Å². The van der Waals surface area contributed by atoms with Crippen molar-refractivity contribution >= 4 is 17.7 Å². The van der Waals surface area contributed by atoms with Crippen LogP contribution in [-0.4, -0.2) is 32.9 Å². The monoisotopic (exact) mass is 296 g/mol. The number of amides is 1. The Bertz CT molecular complexity index is 415. The molecule has 0 radical (unpaired) electrons. The number of hydrogen-bond acceptors (Lipinski definition) is 4. The fourth-order valence-corrected chi connectivity index (χ4v) is 3.07. The van der Waals surface area contributed by atoms with Crippen LogP contribution in [0.4, 0.5) is 0 Å². The highest BCUT2D eigenvalue weighted by Gasteiger charge is 2.16. The second kappa shape index (κ2) is 8.29. The summed E-state index contributed by atoms with van der Waals surface area (Å²) in [6.07, 6.45) is 9.21. The van der Waals surface area contributed by atoms with E-state index in [0.717, 1.165) is 37.9 Å². The number of H-pyrrole nitrogens is 1. The van der Waals surface area contributed by atoms with E-state index in [-0.39, 0.29) is 5.91 Å². The predicted molar refractivity (Wildman–Crippen MR) is 80.7 cm³/mol. The Labute approximate surface area is 124 Å². The van der Waals surface area contributed by atoms with Crippen molar-refractivity contribution in [2.75, 3.05) is 5.75 Å². The molecule has 2 N–H and O–H groups in total. The molecule has 1 aliphatic carbocycles. The second-order valence-electron chi connectivity index (χ2n) is 5.36. The SMILES string of the molecule is CCCCc1nc(SCC(=O)NC2CCCCC2)n[nH]1. The topological polar surface area (TPSA) is 70.7 Å². The van der Waals surface area contributed by atoms with Crippen LogP contribution in [0.2, 0.25) is 0 Å². The highest BCUT2D eigenvalue weighted by atomic mass is 32.2. The van der Waals surface area contributed by atoms with E-state index in [1.54, 1.807) is 0 Å². The molecule has 5 nitrogen and oxygen atoms in total. The van der Waals surface area contributed by atoms with Gasteiger partial charge in [0.15, 0.2) is 0 Å². The molecule has 1 heterocycles. The van der Waals surface area contributed by atoms with Gasteiger partial charge in [0.05, 0.1) is 5.75 Å². The molecule has 0 aliphatic heterocycles. The smallest absolute Gasteiger partial charge is 0.230 e. The van der Waals surface area contributed by atoms with E-state index < -0.39 is 0 Å². The summed E-state index contributed by atoms with van der Waals surface area (Å²) < 4.78 is 0. The van der Waals surface area contributed by atoms with Gasteiger partial charge in [0.25, 0.3) is 0 Å². The molecule has 0 saturated heterocycles. The van der Waals surface area contributed by atoms with E-state index in [2.05, 4.69) is 27.4 Å². The molecule has 0 bridgehead atoms. The van der Waals surface area contributed by atoms with Crippen LogP contribution in [-0.2, 0) is 11.2 Å². The zero-order valence-electron chi connectivity index (χ0n) is 12.2. The average Bonchev–Trinajstić information content (AvgIpc) is 2.92. The Morgan fingerprint density at radius 1 is 1.40 bits per heavy atom. The van der Waals surface area contributed by atoms with Crippen LogP contribution in [0.15, 0.2) is 5.16 Å². The highest BCUT2D eigenvalue weighted by Crippen LogP contribution is 2.18. The Hall–Kier alpha value is -1.04. The Morgan fingerprint density at radius 3 is 2.95 bits per heavy atom. The summed E-state index contributed by atoms with van der Waals surface area (Å²) >= 11 is 1.41. The zero-order chi connectivity index (χ0) is 14.2. The molecule has 6 heteroatoms. The lowest BCUT2D eigenvalue weighted by Crippen LogP contribution is -2.37. The largest absolute Gasteiger partial charge is 0.353 e. The first-order valence-electron chi connectivity index (χ1n) is 7.61. The number of carbonyl (C=O) groups excluding carboxylic acids is 1. The summed E-state index contributed by atoms with van der Waals surface area (Å²) in [6, 6.07) is 0.379. The maximum Gasteiger partial charge on any atom is 0.230 e. The fraction of sp³-hybridized carbons (Fsp3) is 0.786. The maximum absolute atomic E-state index is 11.9. The molecule has 1 fully saturated rings. The van der Waals surface area contributed by atoms with Crippen molar-refractivity contribution in [3.05, 3.63) is 5.82 Å². The van der Waals surface area contributed by atoms with Crippen LogP contribution in [0.1, 0.15) is 57.7 Å². The van der Waals surface area contributed by atoms with Crippen molar-refractivity contribution in [1.29, 1.82) is 0 Å². The van der Waals surface area contributed by atoms with Crippen molar-refractivity contribution in [2.24, 2.45) is 0 Å². The van der Waals surface area contributed by atoms with Gasteiger partial charge in [-0.05, 0) is 19.3 Å². The summed E-state index contributed by atoms with van der Waals surface area (Å²) in [5.74, 6) is 1.42. The number of thioether (sulfide) groups is 1. The van der Waals surface area contributed by atoms with Gasteiger partial charge in [0.1, 0.15) is 5.82 Å². The Balaban J connectivity index is 1.68. The Kier molecular flexibility index (Phi) is 6.36. The molecular weight excluding hydrogens is 272 g/mol. The first kappa shape index (κ1) is 15.4. The molecule has 1 aromatic heterocycles. The third kappa shape index (κ3) is 5.15. The predicted octanol–water partition coefficient (Wildman–Crippen LogP) is 2.69. The Morgan fingerprint density at radius 2 is 2.20 bits per heavy atom. The van der Waals surface area contributed by atoms with Crippen LogP contribution in [0.3, 0.4) is 0 Å². The van der Waals surface area contributed by atoms with Crippen LogP contribution >= 0.6 is 11.8 Å². The van der Waals surface area contributed by atoms with Gasteiger partial charge in [-0.1, -0.05) is 44.4 Å². The summed E-state index contributed by atoms with van der Waals surface area (Å²) in [6.45, 7) is 2.15. The normalized spacial score (nSPS) is 16.2. The van der Waals surface area contributed by atoms with Gasteiger partial charge in [0.2, 0.25) is 11.1 Å². The van der Waals surface area contributed by atoms with Gasteiger partial charge in [0, 0.05) is 12.5 Å². The van der Waals surface area contributed by atoms with Crippen LogP contribution in [0, 0.1) is 0 Å². The minimum absolute atomic E-state index is 0.0989. The summed E-state index contributed by atoms with van der Waals surface area (Å²) in [5, 5.41) is 10.8. The average molecular weight is 296 g/mol. The van der Waals surface area contributed by atoms with E-state index in [0.29, 0.717) is 17.0 Å². The number of nitrogens with zero attached hydrogens (tertiary/aromatic N) is 2. The van der Waals surface area contributed by atoms with Crippen molar-refractivity contribution in [3.8, 4) is 0 Å². The van der Waals surface area contributed by atoms with Crippen molar-refractivity contribution in [2.45, 2.75) is 69.5 Å². The number of rotatable bonds is 7. The minimum atomic E-state index is 0.0989.